The Balaban J connectivity index is 2.90. The van der Waals surface area contributed by atoms with Crippen LogP contribution in [0.5, 0.6) is 0 Å². The van der Waals surface area contributed by atoms with Gasteiger partial charge in [0.05, 0.1) is 22.8 Å². The van der Waals surface area contributed by atoms with Gasteiger partial charge >= 0.3 is 0 Å². The Morgan fingerprint density at radius 3 is 2.81 bits per heavy atom. The highest BCUT2D eigenvalue weighted by Gasteiger charge is 2.18. The van der Waals surface area contributed by atoms with E-state index in [-0.39, 0.29) is 12.5 Å². The summed E-state index contributed by atoms with van der Waals surface area (Å²) in [5.74, 6) is -0.0993. The van der Waals surface area contributed by atoms with Crippen LogP contribution in [-0.4, -0.2) is 39.2 Å². The second kappa shape index (κ2) is 5.07. The van der Waals surface area contributed by atoms with Crippen LogP contribution in [0.15, 0.2) is 6.20 Å². The summed E-state index contributed by atoms with van der Waals surface area (Å²) in [4.78, 5) is 13.8. The third-order valence-electron chi connectivity index (χ3n) is 2.21. The van der Waals surface area contributed by atoms with Crippen LogP contribution in [0, 0.1) is 0 Å². The SMILES string of the molecule is CCc1nn(C)cc1C(=O)N(C)CC(N)=S. The van der Waals surface area contributed by atoms with Crippen molar-refractivity contribution in [2.45, 2.75) is 13.3 Å². The number of carbonyl (C=O) groups excluding carboxylic acids is 1. The van der Waals surface area contributed by atoms with Crippen molar-refractivity contribution in [3.05, 3.63) is 17.5 Å². The molecule has 1 amide bonds. The Labute approximate surface area is 100 Å². The number of nitrogens with two attached hydrogens (primary N) is 1. The van der Waals surface area contributed by atoms with Crippen molar-refractivity contribution in [2.75, 3.05) is 13.6 Å². The van der Waals surface area contributed by atoms with Crippen LogP contribution in [0.1, 0.15) is 23.0 Å². The minimum atomic E-state index is -0.0993. The van der Waals surface area contributed by atoms with E-state index in [0.29, 0.717) is 10.6 Å². The summed E-state index contributed by atoms with van der Waals surface area (Å²) < 4.78 is 1.64. The first-order chi connectivity index (χ1) is 7.45. The highest BCUT2D eigenvalue weighted by molar-refractivity contribution is 7.80. The quantitative estimate of drug-likeness (QED) is 0.771. The third kappa shape index (κ3) is 2.79. The molecule has 0 aliphatic heterocycles. The smallest absolute Gasteiger partial charge is 0.257 e. The first kappa shape index (κ1) is 12.6. The van der Waals surface area contributed by atoms with Gasteiger partial charge in [-0.05, 0) is 6.42 Å². The molecule has 0 aromatic carbocycles. The van der Waals surface area contributed by atoms with Gasteiger partial charge in [0.1, 0.15) is 0 Å². The van der Waals surface area contributed by atoms with Gasteiger partial charge in [0.15, 0.2) is 0 Å². The summed E-state index contributed by atoms with van der Waals surface area (Å²) in [5, 5.41) is 4.22. The molecule has 5 nitrogen and oxygen atoms in total. The van der Waals surface area contributed by atoms with Gasteiger partial charge in [-0.15, -0.1) is 0 Å². The Morgan fingerprint density at radius 1 is 1.69 bits per heavy atom. The molecule has 0 bridgehead atoms. The summed E-state index contributed by atoms with van der Waals surface area (Å²) in [6, 6.07) is 0. The summed E-state index contributed by atoms with van der Waals surface area (Å²) in [7, 11) is 3.47. The predicted molar refractivity (Wildman–Crippen MR) is 66.3 cm³/mol. The summed E-state index contributed by atoms with van der Waals surface area (Å²) in [6.07, 6.45) is 2.44. The van der Waals surface area contributed by atoms with Crippen molar-refractivity contribution in [1.29, 1.82) is 0 Å². The van der Waals surface area contributed by atoms with Crippen LogP contribution in [0.4, 0.5) is 0 Å². The van der Waals surface area contributed by atoms with Crippen LogP contribution in [0.2, 0.25) is 0 Å². The summed E-state index contributed by atoms with van der Waals surface area (Å²) in [6.45, 7) is 2.25. The molecule has 0 saturated carbocycles. The number of likely N-dealkylation sites (N-methyl/N-ethyl adjacent to an activating group) is 1. The molecule has 0 atom stereocenters. The van der Waals surface area contributed by atoms with E-state index in [1.165, 1.54) is 4.90 Å². The second-order valence-corrected chi connectivity index (χ2v) is 4.17. The number of hydrogen-bond donors (Lipinski definition) is 1. The number of carbonyl (C=O) groups is 1. The van der Waals surface area contributed by atoms with E-state index in [1.807, 2.05) is 6.92 Å². The molecule has 16 heavy (non-hydrogen) atoms. The molecule has 0 fully saturated rings. The molecule has 0 aliphatic rings. The van der Waals surface area contributed by atoms with Crippen molar-refractivity contribution in [3.63, 3.8) is 0 Å². The lowest BCUT2D eigenvalue weighted by molar-refractivity contribution is 0.0814. The van der Waals surface area contributed by atoms with E-state index in [0.717, 1.165) is 12.1 Å². The van der Waals surface area contributed by atoms with Gasteiger partial charge < -0.3 is 10.6 Å². The van der Waals surface area contributed by atoms with E-state index < -0.39 is 0 Å². The third-order valence-corrected chi connectivity index (χ3v) is 2.34. The van der Waals surface area contributed by atoms with Gasteiger partial charge in [-0.3, -0.25) is 9.48 Å². The monoisotopic (exact) mass is 240 g/mol. The summed E-state index contributed by atoms with van der Waals surface area (Å²) in [5.41, 5.74) is 6.81. The summed E-state index contributed by atoms with van der Waals surface area (Å²) >= 11 is 4.77. The Hall–Kier alpha value is -1.43. The average molecular weight is 240 g/mol. The highest BCUT2D eigenvalue weighted by atomic mass is 32.1. The number of aromatic nitrogens is 2. The van der Waals surface area contributed by atoms with Gasteiger partial charge in [0.2, 0.25) is 0 Å². The van der Waals surface area contributed by atoms with E-state index in [9.17, 15) is 4.79 Å². The molecular formula is C10H16N4OS. The average Bonchev–Trinajstić information content (AvgIpc) is 2.57. The number of aryl methyl sites for hydroxylation is 2. The van der Waals surface area contributed by atoms with E-state index >= 15 is 0 Å². The van der Waals surface area contributed by atoms with Crippen LogP contribution in [-0.2, 0) is 13.5 Å². The fraction of sp³-hybridized carbons (Fsp3) is 0.500. The minimum absolute atomic E-state index is 0.0993. The molecule has 0 spiro atoms. The predicted octanol–water partition coefficient (Wildman–Crippen LogP) is 0.341. The molecule has 88 valence electrons. The number of nitrogens with zero attached hydrogens (tertiary/aromatic N) is 3. The molecular weight excluding hydrogens is 224 g/mol. The molecule has 1 rings (SSSR count). The lowest BCUT2D eigenvalue weighted by Gasteiger charge is -2.15. The molecule has 0 aliphatic carbocycles. The normalized spacial score (nSPS) is 10.2. The zero-order valence-electron chi connectivity index (χ0n) is 9.73. The number of hydrogen-bond acceptors (Lipinski definition) is 3. The topological polar surface area (TPSA) is 64.2 Å². The van der Waals surface area contributed by atoms with Crippen molar-refractivity contribution in [3.8, 4) is 0 Å². The number of amides is 1. The fourth-order valence-electron chi connectivity index (χ4n) is 1.49. The zero-order chi connectivity index (χ0) is 12.3. The van der Waals surface area contributed by atoms with E-state index in [2.05, 4.69) is 5.10 Å². The molecule has 1 heterocycles. The van der Waals surface area contributed by atoms with Crippen LogP contribution in [0.25, 0.3) is 0 Å². The Kier molecular flexibility index (Phi) is 4.00. The standard InChI is InChI=1S/C10H16N4OS/c1-4-8-7(5-14(3)12-8)10(15)13(2)6-9(11)16/h5H,4,6H2,1-3H3,(H2,11,16). The number of thiocarbonyl (C=S) groups is 1. The molecule has 1 aromatic heterocycles. The highest BCUT2D eigenvalue weighted by Crippen LogP contribution is 2.09. The largest absolute Gasteiger partial charge is 0.392 e. The van der Waals surface area contributed by atoms with Gasteiger partial charge in [-0.25, -0.2) is 0 Å². The van der Waals surface area contributed by atoms with Crippen LogP contribution in [0.3, 0.4) is 0 Å². The molecule has 0 unspecified atom stereocenters. The Morgan fingerprint density at radius 2 is 2.31 bits per heavy atom. The van der Waals surface area contributed by atoms with Gasteiger partial charge in [-0.1, -0.05) is 19.1 Å². The molecule has 6 heteroatoms. The van der Waals surface area contributed by atoms with E-state index in [4.69, 9.17) is 18.0 Å². The maximum atomic E-state index is 12.0. The molecule has 1 aromatic rings. The first-order valence-corrected chi connectivity index (χ1v) is 5.42. The van der Waals surface area contributed by atoms with Crippen molar-refractivity contribution < 1.29 is 4.79 Å². The first-order valence-electron chi connectivity index (χ1n) is 5.02. The fourth-order valence-corrected chi connectivity index (χ4v) is 1.68. The second-order valence-electron chi connectivity index (χ2n) is 3.64. The number of rotatable bonds is 4. The van der Waals surface area contributed by atoms with Crippen LogP contribution >= 0.6 is 12.2 Å². The van der Waals surface area contributed by atoms with Crippen molar-refractivity contribution in [2.24, 2.45) is 12.8 Å². The lowest BCUT2D eigenvalue weighted by Crippen LogP contribution is -2.34. The molecule has 0 radical (unpaired) electrons. The maximum absolute atomic E-state index is 12.0. The van der Waals surface area contributed by atoms with Crippen LogP contribution < -0.4 is 5.73 Å². The zero-order valence-corrected chi connectivity index (χ0v) is 10.5. The van der Waals surface area contributed by atoms with Crippen molar-refractivity contribution >= 4 is 23.1 Å². The lowest BCUT2D eigenvalue weighted by atomic mass is 10.2. The van der Waals surface area contributed by atoms with Gasteiger partial charge in [0, 0.05) is 20.3 Å². The molecule has 0 saturated heterocycles. The molecule has 2 N–H and O–H groups in total. The Bertz CT molecular complexity index is 413. The maximum Gasteiger partial charge on any atom is 0.257 e. The van der Waals surface area contributed by atoms with Crippen molar-refractivity contribution in [1.82, 2.24) is 14.7 Å². The van der Waals surface area contributed by atoms with Gasteiger partial charge in [-0.2, -0.15) is 5.10 Å². The van der Waals surface area contributed by atoms with Gasteiger partial charge in [0.25, 0.3) is 5.91 Å². The van der Waals surface area contributed by atoms with E-state index in [1.54, 1.807) is 25.0 Å². The minimum Gasteiger partial charge on any atom is -0.392 e.